The first-order chi connectivity index (χ1) is 15.1. The Morgan fingerprint density at radius 1 is 0.903 bits per heavy atom. The second-order valence-electron chi connectivity index (χ2n) is 8.86. The minimum absolute atomic E-state index is 0.0518. The second-order valence-corrected chi connectivity index (χ2v) is 8.86. The summed E-state index contributed by atoms with van der Waals surface area (Å²) in [5, 5.41) is 9.26. The lowest BCUT2D eigenvalue weighted by atomic mass is 9.72. The SMILES string of the molecule is O=C(NO)[C@H]1CC(C(=O)N2CCCC2)CC[C@@H]1C(=O)N1CC=C(c2ccccc2)CC1. The number of likely N-dealkylation sites (tertiary alicyclic amines) is 1. The van der Waals surface area contributed by atoms with Crippen LogP contribution in [0.5, 0.6) is 0 Å². The largest absolute Gasteiger partial charge is 0.342 e. The number of hydrogen-bond acceptors (Lipinski definition) is 4. The lowest BCUT2D eigenvalue weighted by Crippen LogP contribution is -2.49. The number of benzene rings is 1. The van der Waals surface area contributed by atoms with Crippen LogP contribution in [-0.2, 0) is 14.4 Å². The Bertz CT molecular complexity index is 848. The van der Waals surface area contributed by atoms with E-state index in [1.165, 1.54) is 11.1 Å². The molecular weight excluding hydrogens is 394 g/mol. The summed E-state index contributed by atoms with van der Waals surface area (Å²) >= 11 is 0. The molecule has 0 aromatic heterocycles. The average molecular weight is 426 g/mol. The monoisotopic (exact) mass is 425 g/mol. The topological polar surface area (TPSA) is 90.0 Å². The molecule has 0 radical (unpaired) electrons. The molecule has 1 saturated carbocycles. The van der Waals surface area contributed by atoms with Crippen LogP contribution in [0.25, 0.3) is 5.57 Å². The summed E-state index contributed by atoms with van der Waals surface area (Å²) in [6.07, 6.45) is 6.32. The van der Waals surface area contributed by atoms with Gasteiger partial charge in [-0.15, -0.1) is 0 Å². The number of hydrogen-bond donors (Lipinski definition) is 2. The minimum Gasteiger partial charge on any atom is -0.342 e. The molecule has 1 aliphatic carbocycles. The maximum Gasteiger partial charge on any atom is 0.247 e. The van der Waals surface area contributed by atoms with Gasteiger partial charge in [0.1, 0.15) is 0 Å². The maximum absolute atomic E-state index is 13.3. The molecule has 1 aromatic rings. The number of carbonyl (C=O) groups is 3. The average Bonchev–Trinajstić information content (AvgIpc) is 3.38. The molecule has 31 heavy (non-hydrogen) atoms. The summed E-state index contributed by atoms with van der Waals surface area (Å²) in [4.78, 5) is 42.2. The van der Waals surface area contributed by atoms with Gasteiger partial charge in [0, 0.05) is 38.0 Å². The van der Waals surface area contributed by atoms with E-state index in [0.29, 0.717) is 32.4 Å². The minimum atomic E-state index is -0.678. The van der Waals surface area contributed by atoms with Crippen LogP contribution in [0.1, 0.15) is 44.1 Å². The summed E-state index contributed by atoms with van der Waals surface area (Å²) in [5.74, 6) is -1.95. The van der Waals surface area contributed by atoms with Crippen molar-refractivity contribution in [2.75, 3.05) is 26.2 Å². The Hall–Kier alpha value is -2.67. The van der Waals surface area contributed by atoms with Gasteiger partial charge in [-0.05, 0) is 49.7 Å². The molecule has 166 valence electrons. The van der Waals surface area contributed by atoms with Crippen LogP contribution in [0.4, 0.5) is 0 Å². The zero-order valence-electron chi connectivity index (χ0n) is 17.8. The van der Waals surface area contributed by atoms with Gasteiger partial charge in [-0.2, -0.15) is 0 Å². The van der Waals surface area contributed by atoms with Gasteiger partial charge in [-0.1, -0.05) is 36.4 Å². The fraction of sp³-hybridized carbons (Fsp3) is 0.542. The molecule has 0 bridgehead atoms. The van der Waals surface area contributed by atoms with E-state index in [1.54, 1.807) is 10.4 Å². The Labute approximate surface area is 183 Å². The van der Waals surface area contributed by atoms with Crippen molar-refractivity contribution in [1.29, 1.82) is 0 Å². The van der Waals surface area contributed by atoms with Gasteiger partial charge in [0.15, 0.2) is 0 Å². The molecule has 2 fully saturated rings. The van der Waals surface area contributed by atoms with Crippen LogP contribution < -0.4 is 5.48 Å². The van der Waals surface area contributed by atoms with E-state index in [1.807, 2.05) is 23.1 Å². The highest BCUT2D eigenvalue weighted by atomic mass is 16.5. The predicted molar refractivity (Wildman–Crippen MR) is 116 cm³/mol. The van der Waals surface area contributed by atoms with Crippen molar-refractivity contribution in [2.45, 2.75) is 38.5 Å². The van der Waals surface area contributed by atoms with E-state index in [2.05, 4.69) is 18.2 Å². The molecule has 2 N–H and O–H groups in total. The van der Waals surface area contributed by atoms with Crippen molar-refractivity contribution >= 4 is 23.3 Å². The Morgan fingerprint density at radius 3 is 2.29 bits per heavy atom. The van der Waals surface area contributed by atoms with E-state index in [4.69, 9.17) is 0 Å². The smallest absolute Gasteiger partial charge is 0.247 e. The lowest BCUT2D eigenvalue weighted by molar-refractivity contribution is -0.150. The van der Waals surface area contributed by atoms with Crippen molar-refractivity contribution in [2.24, 2.45) is 17.8 Å². The number of nitrogens with zero attached hydrogens (tertiary/aromatic N) is 2. The van der Waals surface area contributed by atoms with Crippen LogP contribution >= 0.6 is 0 Å². The molecule has 0 spiro atoms. The standard InChI is InChI=1S/C24H31N3O4/c28-22(25-31)21-16-19(23(29)26-12-4-5-13-26)8-9-20(21)24(30)27-14-10-18(11-15-27)17-6-2-1-3-7-17/h1-3,6-7,10,19-21,31H,4-5,8-9,11-16H2,(H,25,28)/t19?,20-,21-/m0/s1. The molecular formula is C24H31N3O4. The van der Waals surface area contributed by atoms with Gasteiger partial charge in [-0.25, -0.2) is 5.48 Å². The third-order valence-electron chi connectivity index (χ3n) is 7.05. The zero-order chi connectivity index (χ0) is 21.8. The second kappa shape index (κ2) is 9.64. The van der Waals surface area contributed by atoms with Crippen LogP contribution in [0.2, 0.25) is 0 Å². The lowest BCUT2D eigenvalue weighted by Gasteiger charge is -2.38. The maximum atomic E-state index is 13.3. The Balaban J connectivity index is 1.43. The van der Waals surface area contributed by atoms with Crippen LogP contribution in [0.3, 0.4) is 0 Å². The van der Waals surface area contributed by atoms with Gasteiger partial charge >= 0.3 is 0 Å². The number of hydroxylamine groups is 1. The van der Waals surface area contributed by atoms with Crippen molar-refractivity contribution in [3.05, 3.63) is 42.0 Å². The molecule has 1 aromatic carbocycles. The normalized spacial score (nSPS) is 26.4. The first-order valence-corrected chi connectivity index (χ1v) is 11.3. The fourth-order valence-electron chi connectivity index (χ4n) is 5.28. The molecule has 2 aliphatic heterocycles. The van der Waals surface area contributed by atoms with Crippen molar-refractivity contribution in [3.63, 3.8) is 0 Å². The van der Waals surface area contributed by atoms with Crippen molar-refractivity contribution in [3.8, 4) is 0 Å². The highest BCUT2D eigenvalue weighted by Gasteiger charge is 2.43. The van der Waals surface area contributed by atoms with E-state index >= 15 is 0 Å². The molecule has 3 atom stereocenters. The number of amides is 3. The van der Waals surface area contributed by atoms with Gasteiger partial charge in [-0.3, -0.25) is 19.6 Å². The Morgan fingerprint density at radius 2 is 1.65 bits per heavy atom. The molecule has 4 rings (SSSR count). The summed E-state index contributed by atoms with van der Waals surface area (Å²) in [5.41, 5.74) is 4.14. The summed E-state index contributed by atoms with van der Waals surface area (Å²) in [6, 6.07) is 10.1. The molecule has 1 unspecified atom stereocenters. The van der Waals surface area contributed by atoms with Gasteiger partial charge in [0.05, 0.1) is 5.92 Å². The number of carbonyl (C=O) groups excluding carboxylic acids is 3. The molecule has 3 amide bonds. The third-order valence-corrected chi connectivity index (χ3v) is 7.05. The molecule has 3 aliphatic rings. The van der Waals surface area contributed by atoms with Crippen LogP contribution in [-0.4, -0.2) is 58.9 Å². The van der Waals surface area contributed by atoms with E-state index in [-0.39, 0.29) is 17.7 Å². The van der Waals surface area contributed by atoms with Crippen molar-refractivity contribution < 1.29 is 19.6 Å². The highest BCUT2D eigenvalue weighted by Crippen LogP contribution is 2.37. The third kappa shape index (κ3) is 4.66. The molecule has 7 heteroatoms. The highest BCUT2D eigenvalue weighted by molar-refractivity contribution is 5.89. The molecule has 2 heterocycles. The zero-order valence-corrected chi connectivity index (χ0v) is 17.8. The van der Waals surface area contributed by atoms with E-state index in [0.717, 1.165) is 32.4 Å². The fourth-order valence-corrected chi connectivity index (χ4v) is 5.28. The van der Waals surface area contributed by atoms with Crippen LogP contribution in [0, 0.1) is 17.8 Å². The summed E-state index contributed by atoms with van der Waals surface area (Å²) in [6.45, 7) is 2.68. The molecule has 7 nitrogen and oxygen atoms in total. The summed E-state index contributed by atoms with van der Waals surface area (Å²) in [7, 11) is 0. The quantitative estimate of drug-likeness (QED) is 0.573. The summed E-state index contributed by atoms with van der Waals surface area (Å²) < 4.78 is 0. The first kappa shape index (κ1) is 21.6. The van der Waals surface area contributed by atoms with E-state index in [9.17, 15) is 19.6 Å². The molecule has 1 saturated heterocycles. The predicted octanol–water partition coefficient (Wildman–Crippen LogP) is 2.46. The number of nitrogens with one attached hydrogen (secondary N) is 1. The van der Waals surface area contributed by atoms with Gasteiger partial charge in [0.2, 0.25) is 17.7 Å². The van der Waals surface area contributed by atoms with E-state index < -0.39 is 17.7 Å². The Kier molecular flexibility index (Phi) is 6.70. The first-order valence-electron chi connectivity index (χ1n) is 11.3. The van der Waals surface area contributed by atoms with Crippen LogP contribution in [0.15, 0.2) is 36.4 Å². The number of rotatable bonds is 4. The van der Waals surface area contributed by atoms with Gasteiger partial charge in [0.25, 0.3) is 0 Å². The van der Waals surface area contributed by atoms with Gasteiger partial charge < -0.3 is 9.80 Å². The van der Waals surface area contributed by atoms with Crippen molar-refractivity contribution in [1.82, 2.24) is 15.3 Å².